The molecular weight excluding hydrogens is 394 g/mol. The van der Waals surface area contributed by atoms with Crippen LogP contribution in [0.1, 0.15) is 11.1 Å². The van der Waals surface area contributed by atoms with Gasteiger partial charge in [-0.25, -0.2) is 21.6 Å². The van der Waals surface area contributed by atoms with Crippen LogP contribution in [0.15, 0.2) is 93.5 Å². The van der Waals surface area contributed by atoms with E-state index in [1.54, 1.807) is 18.2 Å². The predicted octanol–water partition coefficient (Wildman–Crippen LogP) is 3.35. The molecule has 0 spiro atoms. The van der Waals surface area contributed by atoms with Gasteiger partial charge in [-0.05, 0) is 48.7 Å². The molecule has 0 heterocycles. The lowest BCUT2D eigenvalue weighted by molar-refractivity contribution is 0.580. The smallest absolute Gasteiger partial charge is 0.219 e. The number of sulfone groups is 1. The quantitative estimate of drug-likeness (QED) is 0.642. The Morgan fingerprint density at radius 3 is 1.93 bits per heavy atom. The van der Waals surface area contributed by atoms with E-state index in [-0.39, 0.29) is 26.8 Å². The maximum absolute atomic E-state index is 12.9. The molecule has 1 N–H and O–H groups in total. The minimum atomic E-state index is -3.84. The van der Waals surface area contributed by atoms with Gasteiger partial charge in [-0.15, -0.1) is 0 Å². The summed E-state index contributed by atoms with van der Waals surface area (Å²) in [6.45, 7) is 1.74. The second kappa shape index (κ2) is 8.26. The number of sulfonamides is 1. The molecule has 0 amide bonds. The Hall–Kier alpha value is -2.48. The average molecular weight is 416 g/mol. The molecule has 0 saturated heterocycles. The van der Waals surface area contributed by atoms with E-state index in [1.165, 1.54) is 37.3 Å². The molecule has 0 aliphatic carbocycles. The summed E-state index contributed by atoms with van der Waals surface area (Å²) >= 11 is 0. The van der Waals surface area contributed by atoms with E-state index in [4.69, 9.17) is 0 Å². The van der Waals surface area contributed by atoms with Crippen molar-refractivity contribution >= 4 is 19.9 Å². The Balaban J connectivity index is 1.88. The highest BCUT2D eigenvalue weighted by atomic mass is 32.2. The highest BCUT2D eigenvalue weighted by Crippen LogP contribution is 2.27. The molecule has 0 fully saturated rings. The van der Waals surface area contributed by atoms with E-state index in [2.05, 4.69) is 4.72 Å². The number of benzene rings is 3. The van der Waals surface area contributed by atoms with E-state index in [1.807, 2.05) is 30.3 Å². The Morgan fingerprint density at radius 2 is 1.29 bits per heavy atom. The Morgan fingerprint density at radius 1 is 0.714 bits per heavy atom. The molecule has 5 nitrogen and oxygen atoms in total. The average Bonchev–Trinajstić information content (AvgIpc) is 2.69. The van der Waals surface area contributed by atoms with Crippen molar-refractivity contribution in [3.05, 3.63) is 90.0 Å². The number of hydrogen-bond acceptors (Lipinski definition) is 4. The first-order valence-electron chi connectivity index (χ1n) is 8.76. The van der Waals surface area contributed by atoms with Gasteiger partial charge in [0.1, 0.15) is 0 Å². The molecule has 7 heteroatoms. The van der Waals surface area contributed by atoms with Gasteiger partial charge in [0.25, 0.3) is 0 Å². The van der Waals surface area contributed by atoms with Crippen LogP contribution in [0.3, 0.4) is 0 Å². The van der Waals surface area contributed by atoms with Crippen molar-refractivity contribution in [1.82, 2.24) is 4.72 Å². The number of hydrogen-bond donors (Lipinski definition) is 1. The van der Waals surface area contributed by atoms with E-state index < -0.39 is 19.9 Å². The maximum Gasteiger partial charge on any atom is 0.240 e. The third-order valence-electron chi connectivity index (χ3n) is 4.42. The first kappa shape index (κ1) is 20.3. The summed E-state index contributed by atoms with van der Waals surface area (Å²) in [6, 6.07) is 21.8. The van der Waals surface area contributed by atoms with Crippen LogP contribution in [0, 0.1) is 6.92 Å². The van der Waals surface area contributed by atoms with Gasteiger partial charge in [-0.3, -0.25) is 0 Å². The van der Waals surface area contributed by atoms with Gasteiger partial charge in [-0.2, -0.15) is 0 Å². The molecule has 0 aliphatic heterocycles. The van der Waals surface area contributed by atoms with E-state index in [9.17, 15) is 16.8 Å². The molecule has 0 aromatic heterocycles. The SMILES string of the molecule is Cc1c(S(=O)(=O)NCCc2ccccc2)cccc1S(=O)(=O)c1ccccc1. The number of nitrogens with one attached hydrogen (secondary N) is 1. The number of rotatable bonds is 7. The highest BCUT2D eigenvalue weighted by Gasteiger charge is 2.25. The second-order valence-electron chi connectivity index (χ2n) is 6.33. The topological polar surface area (TPSA) is 80.3 Å². The third kappa shape index (κ3) is 4.32. The van der Waals surface area contributed by atoms with Crippen LogP contribution in [0.4, 0.5) is 0 Å². The zero-order chi connectivity index (χ0) is 20.2. The fourth-order valence-electron chi connectivity index (χ4n) is 2.96. The van der Waals surface area contributed by atoms with Crippen LogP contribution in [0.2, 0.25) is 0 Å². The lowest BCUT2D eigenvalue weighted by atomic mass is 10.2. The molecule has 28 heavy (non-hydrogen) atoms. The van der Waals surface area contributed by atoms with Crippen molar-refractivity contribution in [2.24, 2.45) is 0 Å². The summed E-state index contributed by atoms with van der Waals surface area (Å²) in [6.07, 6.45) is 0.543. The van der Waals surface area contributed by atoms with Gasteiger partial charge in [0.05, 0.1) is 14.7 Å². The lowest BCUT2D eigenvalue weighted by Crippen LogP contribution is -2.27. The molecule has 3 rings (SSSR count). The Labute approximate surface area is 166 Å². The Bertz CT molecular complexity index is 1160. The fourth-order valence-corrected chi connectivity index (χ4v) is 5.86. The predicted molar refractivity (Wildman–Crippen MR) is 108 cm³/mol. The summed E-state index contributed by atoms with van der Waals surface area (Å²) in [4.78, 5) is 0.0897. The molecule has 0 bridgehead atoms. The van der Waals surface area contributed by atoms with Gasteiger partial charge in [0.2, 0.25) is 19.9 Å². The molecular formula is C21H21NO4S2. The van der Waals surface area contributed by atoms with Crippen molar-refractivity contribution in [2.75, 3.05) is 6.54 Å². The van der Waals surface area contributed by atoms with Gasteiger partial charge in [0, 0.05) is 6.54 Å². The first-order valence-corrected chi connectivity index (χ1v) is 11.7. The summed E-state index contributed by atoms with van der Waals surface area (Å²) < 4.78 is 53.9. The Kier molecular flexibility index (Phi) is 5.98. The standard InChI is InChI=1S/C21H21NO4S2/c1-17-20(27(23,24)19-11-6-3-7-12-19)13-8-14-21(17)28(25,26)22-16-15-18-9-4-2-5-10-18/h2-14,22H,15-16H2,1H3. The van der Waals surface area contributed by atoms with E-state index in [0.717, 1.165) is 5.56 Å². The fraction of sp³-hybridized carbons (Fsp3) is 0.143. The molecule has 3 aromatic rings. The zero-order valence-electron chi connectivity index (χ0n) is 15.4. The minimum absolute atomic E-state index is 0.00960. The maximum atomic E-state index is 12.9. The van der Waals surface area contributed by atoms with Crippen molar-refractivity contribution in [3.8, 4) is 0 Å². The molecule has 0 aliphatic rings. The summed E-state index contributed by atoms with van der Waals surface area (Å²) in [7, 11) is -7.65. The van der Waals surface area contributed by atoms with Crippen molar-refractivity contribution in [2.45, 2.75) is 28.0 Å². The van der Waals surface area contributed by atoms with Crippen LogP contribution >= 0.6 is 0 Å². The monoisotopic (exact) mass is 415 g/mol. The minimum Gasteiger partial charge on any atom is -0.219 e. The van der Waals surface area contributed by atoms with Crippen LogP contribution in [0.25, 0.3) is 0 Å². The largest absolute Gasteiger partial charge is 0.240 e. The van der Waals surface area contributed by atoms with Crippen LogP contribution in [-0.4, -0.2) is 23.4 Å². The van der Waals surface area contributed by atoms with Crippen LogP contribution < -0.4 is 4.72 Å². The molecule has 0 unspecified atom stereocenters. The lowest BCUT2D eigenvalue weighted by Gasteiger charge is -2.13. The van der Waals surface area contributed by atoms with Gasteiger partial charge < -0.3 is 0 Å². The van der Waals surface area contributed by atoms with Gasteiger partial charge >= 0.3 is 0 Å². The molecule has 0 atom stereocenters. The van der Waals surface area contributed by atoms with Crippen molar-refractivity contribution in [3.63, 3.8) is 0 Å². The molecule has 146 valence electrons. The van der Waals surface area contributed by atoms with Crippen molar-refractivity contribution < 1.29 is 16.8 Å². The van der Waals surface area contributed by atoms with E-state index >= 15 is 0 Å². The molecule has 0 saturated carbocycles. The normalized spacial score (nSPS) is 12.0. The second-order valence-corrected chi connectivity index (χ2v) is 9.98. The van der Waals surface area contributed by atoms with Crippen LogP contribution in [0.5, 0.6) is 0 Å². The highest BCUT2D eigenvalue weighted by molar-refractivity contribution is 7.92. The zero-order valence-corrected chi connectivity index (χ0v) is 17.0. The third-order valence-corrected chi connectivity index (χ3v) is 7.94. The molecule has 0 radical (unpaired) electrons. The van der Waals surface area contributed by atoms with Crippen LogP contribution in [-0.2, 0) is 26.3 Å². The summed E-state index contributed by atoms with van der Waals surface area (Å²) in [5, 5.41) is 0. The van der Waals surface area contributed by atoms with E-state index in [0.29, 0.717) is 6.42 Å². The van der Waals surface area contributed by atoms with Gasteiger partial charge in [0.15, 0.2) is 0 Å². The first-order chi connectivity index (χ1) is 13.3. The van der Waals surface area contributed by atoms with Gasteiger partial charge in [-0.1, -0.05) is 54.6 Å². The van der Waals surface area contributed by atoms with Crippen molar-refractivity contribution in [1.29, 1.82) is 0 Å². The summed E-state index contributed by atoms with van der Waals surface area (Å²) in [5.74, 6) is 0. The summed E-state index contributed by atoms with van der Waals surface area (Å²) in [5.41, 5.74) is 1.22. The molecule has 3 aromatic carbocycles.